The van der Waals surface area contributed by atoms with Crippen molar-refractivity contribution in [3.8, 4) is 0 Å². The largest absolute Gasteiger partial charge is 0.459 e. The van der Waals surface area contributed by atoms with Gasteiger partial charge in [-0.05, 0) is 38.5 Å². The van der Waals surface area contributed by atoms with E-state index in [9.17, 15) is 9.59 Å². The second-order valence-corrected chi connectivity index (χ2v) is 9.44. The molecule has 7 heteroatoms. The van der Waals surface area contributed by atoms with Crippen molar-refractivity contribution in [1.29, 1.82) is 0 Å². The van der Waals surface area contributed by atoms with Gasteiger partial charge in [0.15, 0.2) is 5.79 Å². The smallest absolute Gasteiger partial charge is 0.330 e. The second kappa shape index (κ2) is 9.67. The summed E-state index contributed by atoms with van der Waals surface area (Å²) >= 11 is 1.28. The standard InChI is InChI=1S/C22H33NO5S/c1-15-7-5-6-8-16(2)11-20(24)27-18-12-17(10-9-15)28-22(13-18,26-4)19-14-29-21(25)23(19)3/h5,7,11,15,17-19H,6,8-10,12-14H2,1-4H3/b7-5-,16-11-/t15-,17-,18-,19+,22-/m1/s1. The number of hydrogen-bond donors (Lipinski definition) is 0. The van der Waals surface area contributed by atoms with E-state index in [1.807, 2.05) is 6.92 Å². The Morgan fingerprint density at radius 2 is 2.07 bits per heavy atom. The third-order valence-electron chi connectivity index (χ3n) is 6.14. The fraction of sp³-hybridized carbons (Fsp3) is 0.727. The number of amides is 1. The molecule has 3 heterocycles. The molecule has 0 aromatic rings. The summed E-state index contributed by atoms with van der Waals surface area (Å²) in [7, 11) is 3.41. The average Bonchev–Trinajstić information content (AvgIpc) is 3.02. The number of carbonyl (C=O) groups is 2. The van der Waals surface area contributed by atoms with Gasteiger partial charge in [0, 0.05) is 38.8 Å². The lowest BCUT2D eigenvalue weighted by molar-refractivity contribution is -0.304. The van der Waals surface area contributed by atoms with E-state index in [4.69, 9.17) is 14.2 Å². The van der Waals surface area contributed by atoms with Gasteiger partial charge >= 0.3 is 5.97 Å². The van der Waals surface area contributed by atoms with Crippen LogP contribution in [0, 0.1) is 5.92 Å². The number of likely N-dealkylation sites (N-methyl/N-ethyl adjacent to an activating group) is 1. The minimum Gasteiger partial charge on any atom is -0.459 e. The first-order valence-electron chi connectivity index (χ1n) is 10.5. The van der Waals surface area contributed by atoms with Gasteiger partial charge in [-0.1, -0.05) is 36.4 Å². The van der Waals surface area contributed by atoms with Gasteiger partial charge in [0.2, 0.25) is 0 Å². The van der Waals surface area contributed by atoms with E-state index in [2.05, 4.69) is 19.1 Å². The molecule has 0 aromatic carbocycles. The number of methoxy groups -OCH3 is 1. The Kier molecular flexibility index (Phi) is 7.46. The summed E-state index contributed by atoms with van der Waals surface area (Å²) < 4.78 is 18.3. The molecule has 6 nitrogen and oxygen atoms in total. The molecule has 162 valence electrons. The number of esters is 1. The Hall–Kier alpha value is -1.31. The zero-order valence-electron chi connectivity index (χ0n) is 17.9. The molecule has 29 heavy (non-hydrogen) atoms. The van der Waals surface area contributed by atoms with E-state index in [0.717, 1.165) is 31.3 Å². The first-order valence-corrected chi connectivity index (χ1v) is 11.5. The van der Waals surface area contributed by atoms with Crippen LogP contribution in [0.15, 0.2) is 23.8 Å². The molecule has 0 saturated carbocycles. The van der Waals surface area contributed by atoms with Crippen LogP contribution in [-0.2, 0) is 19.0 Å². The average molecular weight is 424 g/mol. The number of thioether (sulfide) groups is 1. The fourth-order valence-corrected chi connectivity index (χ4v) is 5.50. The van der Waals surface area contributed by atoms with E-state index >= 15 is 0 Å². The van der Waals surface area contributed by atoms with E-state index in [1.54, 1.807) is 25.1 Å². The van der Waals surface area contributed by atoms with Crippen LogP contribution < -0.4 is 0 Å². The minimum absolute atomic E-state index is 0.0187. The third kappa shape index (κ3) is 5.44. The number of nitrogens with zero attached hydrogens (tertiary/aromatic N) is 1. The van der Waals surface area contributed by atoms with E-state index in [0.29, 0.717) is 24.5 Å². The van der Waals surface area contributed by atoms with Gasteiger partial charge in [0.1, 0.15) is 6.10 Å². The van der Waals surface area contributed by atoms with Crippen molar-refractivity contribution in [3.05, 3.63) is 23.8 Å². The van der Waals surface area contributed by atoms with Crippen LogP contribution in [0.3, 0.4) is 0 Å². The number of ether oxygens (including phenoxy) is 3. The van der Waals surface area contributed by atoms with Gasteiger partial charge in [-0.2, -0.15) is 0 Å². The number of carbonyl (C=O) groups excluding carboxylic acids is 2. The van der Waals surface area contributed by atoms with Crippen molar-refractivity contribution in [2.45, 2.75) is 76.4 Å². The predicted octanol–water partition coefficient (Wildman–Crippen LogP) is 4.30. The lowest BCUT2D eigenvalue weighted by atomic mass is 9.89. The molecule has 0 unspecified atom stereocenters. The van der Waals surface area contributed by atoms with Crippen LogP contribution in [0.5, 0.6) is 0 Å². The molecule has 0 spiro atoms. The Labute approximate surface area is 178 Å². The SMILES string of the molecule is CO[C@]1([C@@H]2CSC(=O)N2C)C[C@H]2C[C@@H](CC[C@H](C)/C=C\CC/C(C)=C\C(=O)O2)O1. The number of allylic oxidation sites excluding steroid dienone is 3. The summed E-state index contributed by atoms with van der Waals surface area (Å²) in [6.45, 7) is 4.18. The van der Waals surface area contributed by atoms with Gasteiger partial charge in [-0.25, -0.2) is 4.79 Å². The molecular formula is C22H33NO5S. The second-order valence-electron chi connectivity index (χ2n) is 8.47. The van der Waals surface area contributed by atoms with Gasteiger partial charge in [0.05, 0.1) is 12.1 Å². The van der Waals surface area contributed by atoms with Crippen LogP contribution in [0.2, 0.25) is 0 Å². The zero-order valence-corrected chi connectivity index (χ0v) is 18.7. The predicted molar refractivity (Wildman–Crippen MR) is 114 cm³/mol. The Bertz CT molecular complexity index is 678. The molecule has 2 saturated heterocycles. The molecule has 2 fully saturated rings. The zero-order chi connectivity index (χ0) is 21.0. The summed E-state index contributed by atoms with van der Waals surface area (Å²) in [4.78, 5) is 26.3. The molecule has 2 bridgehead atoms. The topological polar surface area (TPSA) is 65.1 Å². The molecule has 3 aliphatic heterocycles. The molecule has 3 aliphatic rings. The lowest BCUT2D eigenvalue weighted by Gasteiger charge is -2.47. The number of hydrogen-bond acceptors (Lipinski definition) is 6. The molecule has 3 rings (SSSR count). The third-order valence-corrected chi connectivity index (χ3v) is 7.16. The summed E-state index contributed by atoms with van der Waals surface area (Å²) in [6, 6.07) is -0.206. The van der Waals surface area contributed by atoms with Crippen LogP contribution >= 0.6 is 11.8 Å². The van der Waals surface area contributed by atoms with Crippen molar-refractivity contribution in [2.75, 3.05) is 19.9 Å². The van der Waals surface area contributed by atoms with Crippen molar-refractivity contribution >= 4 is 23.0 Å². The fourth-order valence-electron chi connectivity index (χ4n) is 4.39. The van der Waals surface area contributed by atoms with Gasteiger partial charge in [0.25, 0.3) is 5.24 Å². The number of rotatable bonds is 2. The van der Waals surface area contributed by atoms with Gasteiger partial charge < -0.3 is 19.1 Å². The molecule has 0 aromatic heterocycles. The van der Waals surface area contributed by atoms with E-state index < -0.39 is 5.79 Å². The molecule has 1 amide bonds. The van der Waals surface area contributed by atoms with Crippen LogP contribution in [0.25, 0.3) is 0 Å². The van der Waals surface area contributed by atoms with Crippen LogP contribution in [0.4, 0.5) is 4.79 Å². The highest BCUT2D eigenvalue weighted by molar-refractivity contribution is 8.13. The van der Waals surface area contributed by atoms with Crippen molar-refractivity contribution in [3.63, 3.8) is 0 Å². The highest BCUT2D eigenvalue weighted by Crippen LogP contribution is 2.41. The molecule has 0 aliphatic carbocycles. The van der Waals surface area contributed by atoms with Gasteiger partial charge in [-0.15, -0.1) is 0 Å². The molecule has 5 atom stereocenters. The van der Waals surface area contributed by atoms with E-state index in [-0.39, 0.29) is 29.5 Å². The summed E-state index contributed by atoms with van der Waals surface area (Å²) in [6.07, 6.45) is 10.4. The first kappa shape index (κ1) is 22.4. The first-order chi connectivity index (χ1) is 13.8. The van der Waals surface area contributed by atoms with Crippen LogP contribution in [0.1, 0.15) is 52.4 Å². The van der Waals surface area contributed by atoms with Crippen molar-refractivity contribution in [1.82, 2.24) is 4.90 Å². The van der Waals surface area contributed by atoms with E-state index in [1.165, 1.54) is 11.8 Å². The van der Waals surface area contributed by atoms with Crippen LogP contribution in [-0.4, -0.2) is 60.1 Å². The molecule has 0 radical (unpaired) electrons. The summed E-state index contributed by atoms with van der Waals surface area (Å²) in [5.74, 6) is -0.208. The van der Waals surface area contributed by atoms with Crippen molar-refractivity contribution in [2.24, 2.45) is 5.92 Å². The quantitative estimate of drug-likeness (QED) is 0.487. The summed E-state index contributed by atoms with van der Waals surface area (Å²) in [5.41, 5.74) is 1.02. The minimum atomic E-state index is -0.962. The lowest BCUT2D eigenvalue weighted by Crippen LogP contribution is -2.59. The Morgan fingerprint density at radius 1 is 1.28 bits per heavy atom. The molecule has 0 N–H and O–H groups in total. The Morgan fingerprint density at radius 3 is 2.76 bits per heavy atom. The Balaban J connectivity index is 1.86. The molecular weight excluding hydrogens is 390 g/mol. The summed E-state index contributed by atoms with van der Waals surface area (Å²) in [5, 5.41) is 0.0187. The monoisotopic (exact) mass is 423 g/mol. The maximum Gasteiger partial charge on any atom is 0.330 e. The van der Waals surface area contributed by atoms with Gasteiger partial charge in [-0.3, -0.25) is 4.79 Å². The highest BCUT2D eigenvalue weighted by atomic mass is 32.2. The normalized spacial score (nSPS) is 40.0. The number of fused-ring (bicyclic) bond motifs is 2. The maximum atomic E-state index is 12.5. The maximum absolute atomic E-state index is 12.5. The highest BCUT2D eigenvalue weighted by Gasteiger charge is 2.53. The van der Waals surface area contributed by atoms with Crippen molar-refractivity contribution < 1.29 is 23.8 Å².